The minimum Gasteiger partial charge on any atom is -0.335 e. The van der Waals surface area contributed by atoms with Crippen LogP contribution in [0.5, 0.6) is 0 Å². The molecule has 0 radical (unpaired) electrons. The summed E-state index contributed by atoms with van der Waals surface area (Å²) in [7, 11) is 0. The van der Waals surface area contributed by atoms with Gasteiger partial charge in [-0.05, 0) is 56.9 Å². The molecule has 2 aliphatic heterocycles. The molecule has 1 aromatic rings. The highest BCUT2D eigenvalue weighted by Crippen LogP contribution is 2.21. The monoisotopic (exact) mass is 289 g/mol. The highest BCUT2D eigenvalue weighted by atomic mass is 32.2. The molecule has 0 aromatic heterocycles. The van der Waals surface area contributed by atoms with Crippen molar-refractivity contribution in [1.82, 2.24) is 4.90 Å². The summed E-state index contributed by atoms with van der Waals surface area (Å²) in [5.41, 5.74) is 2.61. The number of likely N-dealkylation sites (tertiary alicyclic amines) is 1. The zero-order chi connectivity index (χ0) is 13.6. The van der Waals surface area contributed by atoms with E-state index in [4.69, 9.17) is 0 Å². The largest absolute Gasteiger partial charge is 0.335 e. The maximum Gasteiger partial charge on any atom is 0.161 e. The van der Waals surface area contributed by atoms with Crippen molar-refractivity contribution in [2.45, 2.75) is 25.7 Å². The highest BCUT2D eigenvalue weighted by molar-refractivity contribution is 8.14. The van der Waals surface area contributed by atoms with E-state index in [1.807, 2.05) is 11.8 Å². The predicted octanol–water partition coefficient (Wildman–Crippen LogP) is 3.23. The van der Waals surface area contributed by atoms with Crippen LogP contribution in [0.2, 0.25) is 0 Å². The van der Waals surface area contributed by atoms with Gasteiger partial charge in [-0.1, -0.05) is 30.0 Å². The summed E-state index contributed by atoms with van der Waals surface area (Å²) in [4.78, 5) is 7.24. The molecule has 2 aliphatic rings. The molecule has 1 N–H and O–H groups in total. The third-order valence-electron chi connectivity index (χ3n) is 3.95. The first kappa shape index (κ1) is 14.0. The van der Waals surface area contributed by atoms with E-state index in [1.54, 1.807) is 0 Å². The lowest BCUT2D eigenvalue weighted by atomic mass is 10.1. The number of rotatable bonds is 4. The van der Waals surface area contributed by atoms with Crippen LogP contribution in [0.3, 0.4) is 0 Å². The number of hydrogen-bond donors (Lipinski definition) is 1. The molecular formula is C16H23N3S. The van der Waals surface area contributed by atoms with Gasteiger partial charge in [0, 0.05) is 18.0 Å². The van der Waals surface area contributed by atoms with Crippen molar-refractivity contribution in [2.75, 3.05) is 37.2 Å². The van der Waals surface area contributed by atoms with Gasteiger partial charge in [0.05, 0.1) is 0 Å². The Morgan fingerprint density at radius 2 is 2.05 bits per heavy atom. The molecule has 108 valence electrons. The summed E-state index contributed by atoms with van der Waals surface area (Å²) in [6, 6.07) is 8.54. The number of aliphatic imine (C=N–C) groups is 1. The number of fused-ring (bicyclic) bond motifs is 1. The third kappa shape index (κ3) is 3.76. The number of benzene rings is 1. The van der Waals surface area contributed by atoms with Crippen LogP contribution in [0.1, 0.15) is 24.8 Å². The first-order valence-electron chi connectivity index (χ1n) is 7.66. The Labute approximate surface area is 125 Å². The maximum atomic E-state index is 4.66. The Kier molecular flexibility index (Phi) is 4.98. The number of anilines is 1. The second kappa shape index (κ2) is 7.14. The average Bonchev–Trinajstić information content (AvgIpc) is 2.89. The Balaban J connectivity index is 1.44. The molecule has 1 saturated heterocycles. The fourth-order valence-electron chi connectivity index (χ4n) is 2.84. The van der Waals surface area contributed by atoms with Gasteiger partial charge >= 0.3 is 0 Å². The molecule has 3 nitrogen and oxygen atoms in total. The van der Waals surface area contributed by atoms with E-state index >= 15 is 0 Å². The molecule has 4 heteroatoms. The quantitative estimate of drug-likeness (QED) is 0.862. The molecule has 0 spiro atoms. The van der Waals surface area contributed by atoms with E-state index in [9.17, 15) is 0 Å². The minimum atomic E-state index is 0.901. The molecule has 0 bridgehead atoms. The standard InChI is InChI=1S/C16H23N3S/c1-2-7-15-14(6-1)8-9-17-16(18-15)20-13-5-12-19-10-3-4-11-19/h1-2,6-7H,3-5,8-13H2,(H,17,18). The van der Waals surface area contributed by atoms with Crippen LogP contribution >= 0.6 is 11.8 Å². The van der Waals surface area contributed by atoms with Crippen molar-refractivity contribution in [1.29, 1.82) is 0 Å². The van der Waals surface area contributed by atoms with Crippen molar-refractivity contribution in [3.63, 3.8) is 0 Å². The van der Waals surface area contributed by atoms with Crippen molar-refractivity contribution >= 4 is 22.6 Å². The fourth-order valence-corrected chi connectivity index (χ4v) is 3.67. The van der Waals surface area contributed by atoms with Gasteiger partial charge in [0.25, 0.3) is 0 Å². The maximum absolute atomic E-state index is 4.66. The van der Waals surface area contributed by atoms with Crippen molar-refractivity contribution in [3.8, 4) is 0 Å². The number of hydrogen-bond acceptors (Lipinski definition) is 4. The summed E-state index contributed by atoms with van der Waals surface area (Å²) in [5, 5.41) is 4.58. The number of para-hydroxylation sites is 1. The first-order chi connectivity index (χ1) is 9.92. The van der Waals surface area contributed by atoms with E-state index in [2.05, 4.69) is 39.5 Å². The molecule has 2 heterocycles. The SMILES string of the molecule is c1ccc2c(c1)CCN=C(SCCCN1CCCC1)N2. The van der Waals surface area contributed by atoms with Gasteiger partial charge in [0.15, 0.2) is 5.17 Å². The molecule has 20 heavy (non-hydrogen) atoms. The van der Waals surface area contributed by atoms with Gasteiger partial charge in [-0.2, -0.15) is 0 Å². The molecule has 1 fully saturated rings. The fraction of sp³-hybridized carbons (Fsp3) is 0.562. The molecule has 3 rings (SSSR count). The number of nitrogens with zero attached hydrogens (tertiary/aromatic N) is 2. The second-order valence-electron chi connectivity index (χ2n) is 5.47. The van der Waals surface area contributed by atoms with Gasteiger partial charge in [-0.3, -0.25) is 4.99 Å². The highest BCUT2D eigenvalue weighted by Gasteiger charge is 2.12. The Hall–Kier alpha value is -1.00. The van der Waals surface area contributed by atoms with Gasteiger partial charge in [0.2, 0.25) is 0 Å². The third-order valence-corrected chi connectivity index (χ3v) is 4.95. The van der Waals surface area contributed by atoms with Crippen molar-refractivity contribution < 1.29 is 0 Å². The van der Waals surface area contributed by atoms with Crippen LogP contribution in [0.25, 0.3) is 0 Å². The van der Waals surface area contributed by atoms with Crippen LogP contribution in [0, 0.1) is 0 Å². The molecule has 0 atom stereocenters. The molecular weight excluding hydrogens is 266 g/mol. The van der Waals surface area contributed by atoms with Crippen LogP contribution in [-0.4, -0.2) is 42.0 Å². The molecule has 0 amide bonds. The molecule has 0 unspecified atom stereocenters. The van der Waals surface area contributed by atoms with Crippen LogP contribution < -0.4 is 5.32 Å². The smallest absolute Gasteiger partial charge is 0.161 e. The van der Waals surface area contributed by atoms with E-state index in [1.165, 1.54) is 50.1 Å². The van der Waals surface area contributed by atoms with E-state index in [0.29, 0.717) is 0 Å². The lowest BCUT2D eigenvalue weighted by molar-refractivity contribution is 0.341. The normalized spacial score (nSPS) is 19.1. The number of amidine groups is 1. The van der Waals surface area contributed by atoms with Gasteiger partial charge in [0.1, 0.15) is 0 Å². The molecule has 1 aromatic carbocycles. The summed E-state index contributed by atoms with van der Waals surface area (Å²) >= 11 is 1.87. The van der Waals surface area contributed by atoms with Gasteiger partial charge < -0.3 is 10.2 Å². The lowest BCUT2D eigenvalue weighted by Gasteiger charge is -2.14. The predicted molar refractivity (Wildman–Crippen MR) is 88.8 cm³/mol. The minimum absolute atomic E-state index is 0.901. The average molecular weight is 289 g/mol. The lowest BCUT2D eigenvalue weighted by Crippen LogP contribution is -2.21. The van der Waals surface area contributed by atoms with E-state index in [-0.39, 0.29) is 0 Å². The van der Waals surface area contributed by atoms with Crippen LogP contribution in [-0.2, 0) is 6.42 Å². The second-order valence-corrected chi connectivity index (χ2v) is 6.55. The van der Waals surface area contributed by atoms with E-state index < -0.39 is 0 Å². The zero-order valence-corrected chi connectivity index (χ0v) is 12.8. The number of nitrogens with one attached hydrogen (secondary N) is 1. The zero-order valence-electron chi connectivity index (χ0n) is 12.0. The van der Waals surface area contributed by atoms with Crippen LogP contribution in [0.4, 0.5) is 5.69 Å². The Bertz CT molecular complexity index is 467. The summed E-state index contributed by atoms with van der Waals surface area (Å²) in [6.07, 6.45) is 5.07. The van der Waals surface area contributed by atoms with Gasteiger partial charge in [-0.25, -0.2) is 0 Å². The Morgan fingerprint density at radius 3 is 2.95 bits per heavy atom. The Morgan fingerprint density at radius 1 is 1.20 bits per heavy atom. The molecule has 0 saturated carbocycles. The van der Waals surface area contributed by atoms with Crippen LogP contribution in [0.15, 0.2) is 29.3 Å². The number of thioether (sulfide) groups is 1. The topological polar surface area (TPSA) is 27.6 Å². The van der Waals surface area contributed by atoms with Crippen molar-refractivity contribution in [2.24, 2.45) is 4.99 Å². The van der Waals surface area contributed by atoms with Gasteiger partial charge in [-0.15, -0.1) is 0 Å². The summed E-state index contributed by atoms with van der Waals surface area (Å²) < 4.78 is 0. The summed E-state index contributed by atoms with van der Waals surface area (Å²) in [6.45, 7) is 4.75. The van der Waals surface area contributed by atoms with Crippen molar-refractivity contribution in [3.05, 3.63) is 29.8 Å². The molecule has 0 aliphatic carbocycles. The van der Waals surface area contributed by atoms with E-state index in [0.717, 1.165) is 23.9 Å². The summed E-state index contributed by atoms with van der Waals surface area (Å²) in [5.74, 6) is 1.16. The first-order valence-corrected chi connectivity index (χ1v) is 8.65.